The molecule has 0 aromatic carbocycles. The molecule has 0 spiro atoms. The van der Waals surface area contributed by atoms with Crippen molar-refractivity contribution in [2.75, 3.05) is 0 Å². The van der Waals surface area contributed by atoms with Gasteiger partial charge in [-0.1, -0.05) is 37.9 Å². The Hall–Kier alpha value is -1.34. The van der Waals surface area contributed by atoms with Crippen LogP contribution in [0.4, 0.5) is 0 Å². The number of thiophene rings is 1. The van der Waals surface area contributed by atoms with Crippen LogP contribution in [0.15, 0.2) is 9.95 Å². The van der Waals surface area contributed by atoms with Crippen LogP contribution in [0.3, 0.4) is 0 Å². The molecule has 1 saturated carbocycles. The van der Waals surface area contributed by atoms with E-state index in [0.717, 1.165) is 48.7 Å². The van der Waals surface area contributed by atoms with Crippen molar-refractivity contribution in [2.45, 2.75) is 94.6 Å². The zero-order valence-corrected chi connectivity index (χ0v) is 18.4. The highest BCUT2D eigenvalue weighted by Crippen LogP contribution is 2.36. The molecule has 7 heteroatoms. The summed E-state index contributed by atoms with van der Waals surface area (Å²) >= 11 is 3.09. The van der Waals surface area contributed by atoms with Crippen molar-refractivity contribution in [3.05, 3.63) is 20.8 Å². The Bertz CT molecular complexity index is 928. The third kappa shape index (κ3) is 3.88. The molecular weight excluding hydrogens is 390 g/mol. The second kappa shape index (κ2) is 8.57. The molecule has 5 nitrogen and oxygen atoms in total. The molecule has 1 fully saturated rings. The lowest BCUT2D eigenvalue weighted by molar-refractivity contribution is -0.121. The lowest BCUT2D eigenvalue weighted by Crippen LogP contribution is -2.40. The highest BCUT2D eigenvalue weighted by Gasteiger charge is 2.26. The van der Waals surface area contributed by atoms with E-state index in [4.69, 9.17) is 4.98 Å². The van der Waals surface area contributed by atoms with E-state index in [2.05, 4.69) is 12.2 Å². The monoisotopic (exact) mass is 419 g/mol. The quantitative estimate of drug-likeness (QED) is 0.560. The summed E-state index contributed by atoms with van der Waals surface area (Å²) in [5.41, 5.74) is 1.30. The van der Waals surface area contributed by atoms with E-state index in [1.165, 1.54) is 41.5 Å². The lowest BCUT2D eigenvalue weighted by atomic mass is 9.95. The summed E-state index contributed by atoms with van der Waals surface area (Å²) in [6, 6.07) is 0.304. The van der Waals surface area contributed by atoms with Crippen LogP contribution in [0.25, 0.3) is 10.2 Å². The summed E-state index contributed by atoms with van der Waals surface area (Å²) in [7, 11) is 0. The van der Waals surface area contributed by atoms with Gasteiger partial charge in [0.25, 0.3) is 5.56 Å². The van der Waals surface area contributed by atoms with Gasteiger partial charge < -0.3 is 5.32 Å². The number of carbonyl (C=O) groups excluding carboxylic acids is 1. The molecule has 2 aromatic heterocycles. The van der Waals surface area contributed by atoms with Gasteiger partial charge in [-0.3, -0.25) is 14.2 Å². The van der Waals surface area contributed by atoms with Gasteiger partial charge in [0.1, 0.15) is 4.83 Å². The van der Waals surface area contributed by atoms with E-state index in [-0.39, 0.29) is 16.7 Å². The summed E-state index contributed by atoms with van der Waals surface area (Å²) in [5, 5.41) is 4.45. The van der Waals surface area contributed by atoms with Crippen molar-refractivity contribution in [3.8, 4) is 0 Å². The average Bonchev–Trinajstić information content (AvgIpc) is 3.26. The highest BCUT2D eigenvalue weighted by atomic mass is 32.2. The first kappa shape index (κ1) is 20.0. The Morgan fingerprint density at radius 1 is 1.29 bits per heavy atom. The SMILES string of the molecule is CCCn1c(S[C@@H](C)C(=O)NC2CCCCC2)nc2sc3c(c2c1=O)CCC3. The van der Waals surface area contributed by atoms with Crippen LogP contribution >= 0.6 is 23.1 Å². The number of nitrogens with one attached hydrogen (secondary N) is 1. The van der Waals surface area contributed by atoms with Crippen molar-refractivity contribution in [2.24, 2.45) is 0 Å². The molecule has 2 aromatic rings. The predicted octanol–water partition coefficient (Wildman–Crippen LogP) is 4.29. The smallest absolute Gasteiger partial charge is 0.263 e. The zero-order chi connectivity index (χ0) is 19.7. The van der Waals surface area contributed by atoms with Crippen LogP contribution < -0.4 is 10.9 Å². The standard InChI is InChI=1S/C21H29N3O2S2/c1-3-12-24-20(26)17-15-10-7-11-16(15)28-19(17)23-21(24)27-13(2)18(25)22-14-8-5-4-6-9-14/h13-14H,3-12H2,1-2H3,(H,22,25)/t13-/m0/s1. The summed E-state index contributed by atoms with van der Waals surface area (Å²) < 4.78 is 1.79. The number of nitrogens with zero attached hydrogens (tertiary/aromatic N) is 2. The Morgan fingerprint density at radius 3 is 2.82 bits per heavy atom. The number of thioether (sulfide) groups is 1. The molecule has 152 valence electrons. The number of aromatic nitrogens is 2. The predicted molar refractivity (Wildman–Crippen MR) is 117 cm³/mol. The van der Waals surface area contributed by atoms with Crippen molar-refractivity contribution in [1.82, 2.24) is 14.9 Å². The molecule has 1 amide bonds. The number of hydrogen-bond acceptors (Lipinski definition) is 5. The molecule has 1 atom stereocenters. The van der Waals surface area contributed by atoms with Gasteiger partial charge in [0.2, 0.25) is 5.91 Å². The number of hydrogen-bond donors (Lipinski definition) is 1. The molecule has 2 aliphatic carbocycles. The van der Waals surface area contributed by atoms with Crippen molar-refractivity contribution in [1.29, 1.82) is 0 Å². The summed E-state index contributed by atoms with van der Waals surface area (Å²) in [4.78, 5) is 33.0. The molecule has 2 aliphatic rings. The third-order valence-corrected chi connectivity index (χ3v) is 8.12. The molecule has 28 heavy (non-hydrogen) atoms. The Balaban J connectivity index is 1.59. The molecule has 4 rings (SSSR count). The molecule has 0 saturated heterocycles. The van der Waals surface area contributed by atoms with Crippen LogP contribution in [0.5, 0.6) is 0 Å². The van der Waals surface area contributed by atoms with Gasteiger partial charge in [0.05, 0.1) is 10.6 Å². The average molecular weight is 420 g/mol. The van der Waals surface area contributed by atoms with Crippen molar-refractivity contribution < 1.29 is 4.79 Å². The van der Waals surface area contributed by atoms with Gasteiger partial charge in [-0.2, -0.15) is 0 Å². The molecule has 1 N–H and O–H groups in total. The topological polar surface area (TPSA) is 64.0 Å². The van der Waals surface area contributed by atoms with Gasteiger partial charge in [-0.15, -0.1) is 11.3 Å². The minimum absolute atomic E-state index is 0.0583. The largest absolute Gasteiger partial charge is 0.352 e. The van der Waals surface area contributed by atoms with Crippen LogP contribution in [-0.4, -0.2) is 26.8 Å². The minimum Gasteiger partial charge on any atom is -0.352 e. The molecular formula is C21H29N3O2S2. The molecule has 2 heterocycles. The second-order valence-corrected chi connectivity index (χ2v) is 10.4. The lowest BCUT2D eigenvalue weighted by Gasteiger charge is -2.24. The third-order valence-electron chi connectivity index (χ3n) is 5.84. The zero-order valence-electron chi connectivity index (χ0n) is 16.8. The maximum Gasteiger partial charge on any atom is 0.263 e. The van der Waals surface area contributed by atoms with E-state index >= 15 is 0 Å². The van der Waals surface area contributed by atoms with Crippen molar-refractivity contribution in [3.63, 3.8) is 0 Å². The minimum atomic E-state index is -0.263. The van der Waals surface area contributed by atoms with Gasteiger partial charge in [0, 0.05) is 17.5 Å². The Morgan fingerprint density at radius 2 is 2.07 bits per heavy atom. The molecule has 0 aliphatic heterocycles. The van der Waals surface area contributed by atoms with Crippen molar-refractivity contribution >= 4 is 39.2 Å². The summed E-state index contributed by atoms with van der Waals surface area (Å²) in [5.74, 6) is 0.0583. The number of fused-ring (bicyclic) bond motifs is 3. The number of rotatable bonds is 6. The van der Waals surface area contributed by atoms with Crippen LogP contribution in [0, 0.1) is 0 Å². The normalized spacial score (nSPS) is 18.4. The van der Waals surface area contributed by atoms with Crippen LogP contribution in [0.1, 0.15) is 69.2 Å². The summed E-state index contributed by atoms with van der Waals surface area (Å²) in [6.07, 6.45) is 9.89. The number of amides is 1. The molecule has 0 radical (unpaired) electrons. The van der Waals surface area contributed by atoms with Gasteiger partial charge in [-0.25, -0.2) is 4.98 Å². The molecule has 0 bridgehead atoms. The van der Waals surface area contributed by atoms with E-state index in [0.29, 0.717) is 17.7 Å². The van der Waals surface area contributed by atoms with E-state index in [9.17, 15) is 9.59 Å². The maximum absolute atomic E-state index is 13.2. The van der Waals surface area contributed by atoms with Crippen LogP contribution in [0.2, 0.25) is 0 Å². The molecule has 0 unspecified atom stereocenters. The van der Waals surface area contributed by atoms with E-state index < -0.39 is 0 Å². The first-order valence-corrected chi connectivity index (χ1v) is 12.3. The fourth-order valence-electron chi connectivity index (χ4n) is 4.35. The summed E-state index contributed by atoms with van der Waals surface area (Å²) in [6.45, 7) is 4.64. The number of carbonyl (C=O) groups is 1. The number of aryl methyl sites for hydroxylation is 2. The Labute approximate surface area is 174 Å². The first-order chi connectivity index (χ1) is 13.6. The van der Waals surface area contributed by atoms with E-state index in [1.54, 1.807) is 15.9 Å². The first-order valence-electron chi connectivity index (χ1n) is 10.6. The maximum atomic E-state index is 13.2. The fraction of sp³-hybridized carbons (Fsp3) is 0.667. The Kier molecular flexibility index (Phi) is 6.11. The highest BCUT2D eigenvalue weighted by molar-refractivity contribution is 8.00. The van der Waals surface area contributed by atoms with Gasteiger partial charge >= 0.3 is 0 Å². The van der Waals surface area contributed by atoms with Crippen LogP contribution in [-0.2, 0) is 24.2 Å². The van der Waals surface area contributed by atoms with Gasteiger partial charge in [0.15, 0.2) is 5.16 Å². The van der Waals surface area contributed by atoms with Gasteiger partial charge in [-0.05, 0) is 51.0 Å². The fourth-order valence-corrected chi connectivity index (χ4v) is 6.59. The second-order valence-electron chi connectivity index (χ2n) is 7.99. The van der Waals surface area contributed by atoms with E-state index in [1.807, 2.05) is 6.92 Å².